The number of rotatable bonds is 4. The third-order valence-corrected chi connectivity index (χ3v) is 4.54. The molecule has 0 bridgehead atoms. The van der Waals surface area contributed by atoms with E-state index in [0.717, 1.165) is 5.56 Å². The molecule has 0 saturated carbocycles. The largest absolute Gasteiger partial charge is 0.322 e. The topological polar surface area (TPSA) is 80.5 Å². The van der Waals surface area contributed by atoms with Crippen molar-refractivity contribution in [2.45, 2.75) is 13.3 Å². The first-order chi connectivity index (χ1) is 12.5. The molecule has 0 aliphatic heterocycles. The molecule has 26 heavy (non-hydrogen) atoms. The van der Waals surface area contributed by atoms with Gasteiger partial charge in [-0.2, -0.15) is 0 Å². The van der Waals surface area contributed by atoms with Crippen LogP contribution < -0.4 is 10.9 Å². The van der Waals surface area contributed by atoms with Crippen LogP contribution in [0, 0.1) is 4.91 Å². The minimum absolute atomic E-state index is 0.132. The Morgan fingerprint density at radius 3 is 2.50 bits per heavy atom. The molecule has 7 heteroatoms. The fourth-order valence-corrected chi connectivity index (χ4v) is 3.09. The van der Waals surface area contributed by atoms with Gasteiger partial charge in [0, 0.05) is 23.1 Å². The minimum Gasteiger partial charge on any atom is -0.322 e. The van der Waals surface area contributed by atoms with Crippen molar-refractivity contribution in [1.29, 1.82) is 0 Å². The lowest BCUT2D eigenvalue weighted by molar-refractivity contribution is 0.102. The van der Waals surface area contributed by atoms with E-state index in [1.807, 2.05) is 19.1 Å². The average molecular weight is 370 g/mol. The number of anilines is 1. The van der Waals surface area contributed by atoms with Gasteiger partial charge in [0.25, 0.3) is 11.5 Å². The number of pyridine rings is 1. The standard InChI is InChI=1S/C19H16ClN3O3/c1-3-11-5-4-6-14-15(11)17(22-26)16(19(25)23(14)2)18(24)21-13-9-7-12(20)8-10-13/h4-10H,3H2,1-2H3,(H,21,24). The van der Waals surface area contributed by atoms with Crippen LogP contribution in [0.2, 0.25) is 5.02 Å². The lowest BCUT2D eigenvalue weighted by Crippen LogP contribution is -2.28. The summed E-state index contributed by atoms with van der Waals surface area (Å²) in [6.07, 6.45) is 0.635. The van der Waals surface area contributed by atoms with Crippen molar-refractivity contribution < 1.29 is 4.79 Å². The number of halogens is 1. The van der Waals surface area contributed by atoms with Gasteiger partial charge in [0.05, 0.1) is 5.52 Å². The normalized spacial score (nSPS) is 10.7. The zero-order valence-electron chi connectivity index (χ0n) is 14.2. The van der Waals surface area contributed by atoms with Crippen LogP contribution in [0.25, 0.3) is 10.9 Å². The van der Waals surface area contributed by atoms with Crippen molar-refractivity contribution in [3.05, 3.63) is 73.9 Å². The number of nitroso groups, excluding NO2 is 1. The van der Waals surface area contributed by atoms with E-state index in [9.17, 15) is 14.5 Å². The first kappa shape index (κ1) is 17.8. The van der Waals surface area contributed by atoms with E-state index >= 15 is 0 Å². The molecule has 6 nitrogen and oxygen atoms in total. The van der Waals surface area contributed by atoms with E-state index in [2.05, 4.69) is 10.5 Å². The monoisotopic (exact) mass is 369 g/mol. The molecule has 1 amide bonds. The molecule has 3 aromatic rings. The number of amides is 1. The number of nitrogens with zero attached hydrogens (tertiary/aromatic N) is 2. The molecular weight excluding hydrogens is 354 g/mol. The number of fused-ring (bicyclic) bond motifs is 1. The van der Waals surface area contributed by atoms with Gasteiger partial charge in [-0.15, -0.1) is 4.91 Å². The van der Waals surface area contributed by atoms with Gasteiger partial charge in [-0.25, -0.2) is 0 Å². The number of hydrogen-bond acceptors (Lipinski definition) is 4. The van der Waals surface area contributed by atoms with Crippen LogP contribution in [0.1, 0.15) is 22.8 Å². The first-order valence-electron chi connectivity index (χ1n) is 8.02. The van der Waals surface area contributed by atoms with E-state index in [1.165, 1.54) is 4.57 Å². The molecular formula is C19H16ClN3O3. The molecule has 0 aliphatic rings. The second-order valence-electron chi connectivity index (χ2n) is 5.80. The summed E-state index contributed by atoms with van der Waals surface area (Å²) in [6.45, 7) is 1.93. The van der Waals surface area contributed by atoms with Crippen LogP contribution in [0.5, 0.6) is 0 Å². The number of aromatic nitrogens is 1. The number of aryl methyl sites for hydroxylation is 2. The fraction of sp³-hybridized carbons (Fsp3) is 0.158. The third-order valence-electron chi connectivity index (χ3n) is 4.28. The number of hydrogen-bond donors (Lipinski definition) is 1. The smallest absolute Gasteiger partial charge is 0.266 e. The highest BCUT2D eigenvalue weighted by molar-refractivity contribution is 6.30. The summed E-state index contributed by atoms with van der Waals surface area (Å²) in [4.78, 5) is 37.0. The second kappa shape index (κ2) is 7.09. The molecule has 0 unspecified atom stereocenters. The Morgan fingerprint density at radius 1 is 1.19 bits per heavy atom. The maximum atomic E-state index is 12.7. The van der Waals surface area contributed by atoms with Crippen molar-refractivity contribution in [2.24, 2.45) is 12.2 Å². The lowest BCUT2D eigenvalue weighted by Gasteiger charge is -2.14. The molecule has 1 aromatic heterocycles. The van der Waals surface area contributed by atoms with Gasteiger partial charge in [-0.1, -0.05) is 30.7 Å². The molecule has 0 spiro atoms. The first-order valence-corrected chi connectivity index (χ1v) is 8.40. The average Bonchev–Trinajstić information content (AvgIpc) is 2.65. The number of benzene rings is 2. The van der Waals surface area contributed by atoms with E-state index < -0.39 is 11.5 Å². The summed E-state index contributed by atoms with van der Waals surface area (Å²) >= 11 is 5.84. The summed E-state index contributed by atoms with van der Waals surface area (Å²) in [5.41, 5.74) is 0.882. The highest BCUT2D eigenvalue weighted by Gasteiger charge is 2.23. The molecule has 0 saturated heterocycles. The van der Waals surface area contributed by atoms with Crippen molar-refractivity contribution in [3.8, 4) is 0 Å². The molecule has 2 aromatic carbocycles. The van der Waals surface area contributed by atoms with Crippen molar-refractivity contribution in [2.75, 3.05) is 5.32 Å². The SMILES string of the molecule is CCc1cccc2c1c(N=O)c(C(=O)Nc1ccc(Cl)cc1)c(=O)n2C. The van der Waals surface area contributed by atoms with Crippen molar-refractivity contribution >= 4 is 39.8 Å². The molecule has 0 fully saturated rings. The summed E-state index contributed by atoms with van der Waals surface area (Å²) in [5, 5.41) is 6.70. The van der Waals surface area contributed by atoms with Crippen LogP contribution in [0.4, 0.5) is 11.4 Å². The predicted molar refractivity (Wildman–Crippen MR) is 103 cm³/mol. The van der Waals surface area contributed by atoms with Crippen LogP contribution in [0.3, 0.4) is 0 Å². The summed E-state index contributed by atoms with van der Waals surface area (Å²) in [5.74, 6) is -0.685. The Balaban J connectivity index is 2.23. The molecule has 3 rings (SSSR count). The Bertz CT molecular complexity index is 1070. The van der Waals surface area contributed by atoms with Crippen LogP contribution in [0.15, 0.2) is 52.4 Å². The second-order valence-corrected chi connectivity index (χ2v) is 6.24. The van der Waals surface area contributed by atoms with Gasteiger partial charge >= 0.3 is 0 Å². The van der Waals surface area contributed by atoms with E-state index in [1.54, 1.807) is 37.4 Å². The summed E-state index contributed by atoms with van der Waals surface area (Å²) in [6, 6.07) is 11.8. The molecule has 132 valence electrons. The Hall–Kier alpha value is -2.99. The van der Waals surface area contributed by atoms with Crippen molar-refractivity contribution in [3.63, 3.8) is 0 Å². The maximum Gasteiger partial charge on any atom is 0.266 e. The van der Waals surface area contributed by atoms with Gasteiger partial charge in [0.1, 0.15) is 11.3 Å². The molecule has 1 heterocycles. The number of carbonyl (C=O) groups is 1. The lowest BCUT2D eigenvalue weighted by atomic mass is 10.0. The highest BCUT2D eigenvalue weighted by atomic mass is 35.5. The molecule has 0 aliphatic carbocycles. The number of carbonyl (C=O) groups excluding carboxylic acids is 1. The zero-order valence-corrected chi connectivity index (χ0v) is 15.0. The van der Waals surface area contributed by atoms with Gasteiger partial charge in [-0.3, -0.25) is 9.59 Å². The fourth-order valence-electron chi connectivity index (χ4n) is 2.96. The highest BCUT2D eigenvalue weighted by Crippen LogP contribution is 2.31. The Labute approximate surface area is 154 Å². The van der Waals surface area contributed by atoms with Gasteiger partial charge in [-0.05, 0) is 47.5 Å². The number of nitrogens with one attached hydrogen (secondary N) is 1. The summed E-state index contributed by atoms with van der Waals surface area (Å²) < 4.78 is 1.36. The van der Waals surface area contributed by atoms with Gasteiger partial charge in [0.15, 0.2) is 0 Å². The quantitative estimate of drug-likeness (QED) is 0.692. The van der Waals surface area contributed by atoms with Crippen LogP contribution in [-0.4, -0.2) is 10.5 Å². The maximum absolute atomic E-state index is 12.7. The Kier molecular flexibility index (Phi) is 4.86. The van der Waals surface area contributed by atoms with E-state index in [0.29, 0.717) is 28.0 Å². The van der Waals surface area contributed by atoms with E-state index in [-0.39, 0.29) is 11.3 Å². The zero-order chi connectivity index (χ0) is 18.8. The van der Waals surface area contributed by atoms with Crippen LogP contribution in [-0.2, 0) is 13.5 Å². The van der Waals surface area contributed by atoms with Gasteiger partial charge < -0.3 is 9.88 Å². The van der Waals surface area contributed by atoms with Crippen molar-refractivity contribution in [1.82, 2.24) is 4.57 Å². The minimum atomic E-state index is -0.685. The van der Waals surface area contributed by atoms with E-state index in [4.69, 9.17) is 11.6 Å². The third kappa shape index (κ3) is 2.99. The summed E-state index contributed by atoms with van der Waals surface area (Å²) in [7, 11) is 1.57. The molecule has 0 radical (unpaired) electrons. The molecule has 0 atom stereocenters. The Morgan fingerprint density at radius 2 is 1.88 bits per heavy atom. The molecule has 1 N–H and O–H groups in total. The van der Waals surface area contributed by atoms with Crippen LogP contribution >= 0.6 is 11.6 Å². The predicted octanol–water partition coefficient (Wildman–Crippen LogP) is 4.40. The van der Waals surface area contributed by atoms with Gasteiger partial charge in [0.2, 0.25) is 0 Å².